The molecule has 6 aromatic rings. The Morgan fingerprint density at radius 1 is 1.00 bits per heavy atom. The molecule has 0 radical (unpaired) electrons. The van der Waals surface area contributed by atoms with Gasteiger partial charge in [-0.25, -0.2) is 33.4 Å². The first-order valence-corrected chi connectivity index (χ1v) is 15.2. The van der Waals surface area contributed by atoms with E-state index in [1.165, 1.54) is 16.8 Å². The third-order valence-corrected chi connectivity index (χ3v) is 8.80. The number of nitrogens with one attached hydrogen (secondary N) is 1. The Hall–Kier alpha value is -5.46. The average molecular weight is 621 g/mol. The van der Waals surface area contributed by atoms with Crippen molar-refractivity contribution in [3.63, 3.8) is 0 Å². The van der Waals surface area contributed by atoms with Crippen LogP contribution in [-0.4, -0.2) is 77.3 Å². The lowest BCUT2D eigenvalue weighted by molar-refractivity contribution is -0.131. The Morgan fingerprint density at radius 3 is 2.74 bits per heavy atom. The van der Waals surface area contributed by atoms with Crippen molar-refractivity contribution in [1.82, 2.24) is 39.2 Å². The van der Waals surface area contributed by atoms with Crippen LogP contribution in [0.5, 0.6) is 0 Å². The summed E-state index contributed by atoms with van der Waals surface area (Å²) in [6, 6.07) is 14.6. The molecule has 4 bridgehead atoms. The zero-order valence-corrected chi connectivity index (χ0v) is 25.2. The average Bonchev–Trinajstić information content (AvgIpc) is 3.77. The van der Waals surface area contributed by atoms with Crippen LogP contribution in [0.15, 0.2) is 67.1 Å². The molecule has 2 aromatic carbocycles. The number of hydrogen-bond acceptors (Lipinski definition) is 8. The van der Waals surface area contributed by atoms with Crippen LogP contribution in [0, 0.1) is 18.6 Å². The standard InChI is InChI=1S/C33H30F2N10O/c1-19-38-31(23-16-37-45(32(23)39-19)27-11-10-20(34)14-24(27)35)44-17-21-15-28(44)33(46)42(2)12-5-13-43-18-36-26-8-3-6-22(30(26)43)25-7-4-9-29(40-21)41-25/h3-4,6-11,14,16,18,21,28H,5,12-13,15,17H2,1-2H3,(H,40,41)/t21-,28-/m0/s1. The lowest BCUT2D eigenvalue weighted by Crippen LogP contribution is -2.45. The Kier molecular flexibility index (Phi) is 6.62. The van der Waals surface area contributed by atoms with Crippen LogP contribution in [0.2, 0.25) is 0 Å². The first-order valence-electron chi connectivity index (χ1n) is 15.2. The number of amides is 1. The fourth-order valence-electron chi connectivity index (χ4n) is 6.68. The van der Waals surface area contributed by atoms with Gasteiger partial charge in [0.15, 0.2) is 11.5 Å². The summed E-state index contributed by atoms with van der Waals surface area (Å²) in [5.74, 6) is 0.196. The van der Waals surface area contributed by atoms with Gasteiger partial charge in [-0.3, -0.25) is 4.79 Å². The van der Waals surface area contributed by atoms with Gasteiger partial charge in [-0.1, -0.05) is 18.2 Å². The minimum absolute atomic E-state index is 0.0292. The highest BCUT2D eigenvalue weighted by Crippen LogP contribution is 2.34. The van der Waals surface area contributed by atoms with E-state index in [1.54, 1.807) is 18.0 Å². The highest BCUT2D eigenvalue weighted by atomic mass is 19.1. The van der Waals surface area contributed by atoms with Gasteiger partial charge in [0.25, 0.3) is 0 Å². The van der Waals surface area contributed by atoms with Gasteiger partial charge >= 0.3 is 0 Å². The summed E-state index contributed by atoms with van der Waals surface area (Å²) < 4.78 is 32.0. The molecule has 1 saturated heterocycles. The second-order valence-electron chi connectivity index (χ2n) is 11.9. The lowest BCUT2D eigenvalue weighted by atomic mass is 10.1. The molecular weight excluding hydrogens is 590 g/mol. The summed E-state index contributed by atoms with van der Waals surface area (Å²) in [6.45, 7) is 3.44. The molecule has 1 amide bonds. The van der Waals surface area contributed by atoms with E-state index >= 15 is 0 Å². The van der Waals surface area contributed by atoms with Crippen LogP contribution in [0.1, 0.15) is 18.7 Å². The van der Waals surface area contributed by atoms with Crippen LogP contribution < -0.4 is 10.2 Å². The number of benzene rings is 2. The molecule has 0 unspecified atom stereocenters. The Balaban J connectivity index is 1.21. The molecule has 1 fully saturated rings. The number of carbonyl (C=O) groups excluding carboxylic acids is 1. The summed E-state index contributed by atoms with van der Waals surface area (Å²) in [5.41, 5.74) is 4.19. The topological polar surface area (TPSA) is 110 Å². The Labute approximate surface area is 262 Å². The predicted molar refractivity (Wildman–Crippen MR) is 170 cm³/mol. The van der Waals surface area contributed by atoms with Gasteiger partial charge in [0, 0.05) is 44.4 Å². The van der Waals surface area contributed by atoms with Gasteiger partial charge in [0.1, 0.15) is 35.0 Å². The van der Waals surface area contributed by atoms with Crippen LogP contribution in [0.4, 0.5) is 20.4 Å². The van der Waals surface area contributed by atoms with Gasteiger partial charge in [0.05, 0.1) is 34.6 Å². The van der Waals surface area contributed by atoms with Crippen LogP contribution >= 0.6 is 0 Å². The van der Waals surface area contributed by atoms with Gasteiger partial charge in [-0.15, -0.1) is 0 Å². The lowest BCUT2D eigenvalue weighted by Gasteiger charge is -2.29. The molecule has 4 aromatic heterocycles. The molecule has 0 aliphatic carbocycles. The number of fused-ring (bicyclic) bond motifs is 6. The van der Waals surface area contributed by atoms with Gasteiger partial charge in [0.2, 0.25) is 5.91 Å². The summed E-state index contributed by atoms with van der Waals surface area (Å²) in [4.78, 5) is 36.9. The summed E-state index contributed by atoms with van der Waals surface area (Å²) in [5, 5.41) is 8.55. The van der Waals surface area contributed by atoms with E-state index in [-0.39, 0.29) is 17.6 Å². The van der Waals surface area contributed by atoms with Crippen molar-refractivity contribution in [3.8, 4) is 16.9 Å². The first kappa shape index (κ1) is 28.0. The van der Waals surface area contributed by atoms with Gasteiger partial charge < -0.3 is 19.7 Å². The second-order valence-corrected chi connectivity index (χ2v) is 11.9. The van der Waals surface area contributed by atoms with Crippen molar-refractivity contribution >= 4 is 39.6 Å². The summed E-state index contributed by atoms with van der Waals surface area (Å²) in [6.07, 6.45) is 4.66. The number of hydrogen-bond donors (Lipinski definition) is 1. The number of imidazole rings is 1. The molecular formula is C33H30F2N10O. The first-order chi connectivity index (χ1) is 22.3. The molecule has 46 heavy (non-hydrogen) atoms. The zero-order valence-electron chi connectivity index (χ0n) is 25.2. The molecule has 2 aliphatic heterocycles. The molecule has 11 nitrogen and oxygen atoms in total. The molecule has 0 saturated carbocycles. The van der Waals surface area contributed by atoms with Crippen molar-refractivity contribution in [2.45, 2.75) is 38.4 Å². The van der Waals surface area contributed by atoms with Crippen molar-refractivity contribution in [2.75, 3.05) is 30.4 Å². The molecule has 2 atom stereocenters. The Morgan fingerprint density at radius 2 is 1.87 bits per heavy atom. The number of carbonyl (C=O) groups is 1. The minimum atomic E-state index is -0.759. The van der Waals surface area contributed by atoms with E-state index < -0.39 is 17.7 Å². The van der Waals surface area contributed by atoms with Crippen molar-refractivity contribution in [3.05, 3.63) is 84.6 Å². The number of halogens is 2. The number of para-hydroxylation sites is 1. The number of anilines is 2. The van der Waals surface area contributed by atoms with Gasteiger partial charge in [-0.05, 0) is 50.1 Å². The maximum atomic E-state index is 14.8. The molecule has 1 N–H and O–H groups in total. The largest absolute Gasteiger partial charge is 0.365 e. The highest BCUT2D eigenvalue weighted by Gasteiger charge is 2.40. The van der Waals surface area contributed by atoms with Crippen LogP contribution in [-0.2, 0) is 11.3 Å². The summed E-state index contributed by atoms with van der Waals surface area (Å²) in [7, 11) is 1.83. The number of aryl methyl sites for hydroxylation is 2. The van der Waals surface area contributed by atoms with E-state index in [9.17, 15) is 13.6 Å². The molecule has 232 valence electrons. The quantitative estimate of drug-likeness (QED) is 0.296. The molecule has 13 heteroatoms. The smallest absolute Gasteiger partial charge is 0.245 e. The fraction of sp³-hybridized carbons (Fsp3) is 0.273. The normalized spacial score (nSPS) is 18.6. The second kappa shape index (κ2) is 10.9. The number of pyridine rings is 1. The van der Waals surface area contributed by atoms with E-state index in [2.05, 4.69) is 31.0 Å². The number of nitrogens with zero attached hydrogens (tertiary/aromatic N) is 9. The maximum absolute atomic E-state index is 14.8. The van der Waals surface area contributed by atoms with Crippen molar-refractivity contribution in [1.29, 1.82) is 0 Å². The predicted octanol–water partition coefficient (Wildman–Crippen LogP) is 4.74. The van der Waals surface area contributed by atoms with E-state index in [0.29, 0.717) is 54.5 Å². The van der Waals surface area contributed by atoms with Gasteiger partial charge in [-0.2, -0.15) is 5.10 Å². The highest BCUT2D eigenvalue weighted by molar-refractivity contribution is 5.93. The Bertz CT molecular complexity index is 2140. The minimum Gasteiger partial charge on any atom is -0.365 e. The molecule has 8 rings (SSSR count). The van der Waals surface area contributed by atoms with Crippen molar-refractivity contribution < 1.29 is 13.6 Å². The van der Waals surface area contributed by atoms with E-state index in [4.69, 9.17) is 9.97 Å². The maximum Gasteiger partial charge on any atom is 0.245 e. The summed E-state index contributed by atoms with van der Waals surface area (Å²) >= 11 is 0. The third kappa shape index (κ3) is 4.70. The van der Waals surface area contributed by atoms with E-state index in [0.717, 1.165) is 34.8 Å². The number of aromatic nitrogens is 7. The molecule has 0 spiro atoms. The number of rotatable bonds is 2. The van der Waals surface area contributed by atoms with E-state index in [1.807, 2.05) is 48.6 Å². The molecule has 6 heterocycles. The van der Waals surface area contributed by atoms with Crippen molar-refractivity contribution in [2.24, 2.45) is 0 Å². The van der Waals surface area contributed by atoms with Crippen LogP contribution in [0.25, 0.3) is 39.0 Å². The zero-order chi connectivity index (χ0) is 31.5. The number of likely N-dealkylation sites (N-methyl/N-ethyl adjacent to an activating group) is 1. The SMILES string of the molecule is Cc1nc(N2C[C@@H]3C[C@H]2C(=O)N(C)CCCn2cnc4cccc(c42)-c2cccc(n2)N3)c2cnn(-c3ccc(F)cc3F)c2n1. The fourth-order valence-corrected chi connectivity index (χ4v) is 6.68. The monoisotopic (exact) mass is 620 g/mol. The molecule has 2 aliphatic rings. The third-order valence-electron chi connectivity index (χ3n) is 8.80. The van der Waals surface area contributed by atoms with Crippen LogP contribution in [0.3, 0.4) is 0 Å².